The van der Waals surface area contributed by atoms with Gasteiger partial charge in [0.2, 0.25) is 0 Å². The highest BCUT2D eigenvalue weighted by Crippen LogP contribution is 2.39. The fourth-order valence-corrected chi connectivity index (χ4v) is 5.68. The number of nitrogens with one attached hydrogen (secondary N) is 1. The molecule has 3 N–H and O–H groups in total. The van der Waals surface area contributed by atoms with Gasteiger partial charge in [-0.05, 0) is 49.1 Å². The number of nitrogens with two attached hydrogens (primary N) is 1. The molecule has 0 bridgehead atoms. The van der Waals surface area contributed by atoms with Crippen LogP contribution in [0.2, 0.25) is 0 Å². The zero-order valence-electron chi connectivity index (χ0n) is 15.5. The normalized spacial score (nSPS) is 18.8. The molecule has 140 valence electrons. The van der Waals surface area contributed by atoms with Crippen LogP contribution in [0.3, 0.4) is 0 Å². The van der Waals surface area contributed by atoms with E-state index in [1.54, 1.807) is 6.92 Å². The smallest absolute Gasteiger partial charge is 0.152 e. The van der Waals surface area contributed by atoms with Crippen LogP contribution < -0.4 is 10.5 Å². The third-order valence-electron chi connectivity index (χ3n) is 4.30. The first-order valence-electron chi connectivity index (χ1n) is 8.39. The molecule has 2 unspecified atom stereocenters. The summed E-state index contributed by atoms with van der Waals surface area (Å²) >= 11 is 1.30. The molecule has 3 rings (SSSR count). The Kier molecular flexibility index (Phi) is 4.94. The predicted octanol–water partition coefficient (Wildman–Crippen LogP) is 4.79. The minimum Gasteiger partial charge on any atom is -0.339 e. The van der Waals surface area contributed by atoms with Crippen LogP contribution in [0.5, 0.6) is 0 Å². The summed E-state index contributed by atoms with van der Waals surface area (Å²) < 4.78 is 31.8. The average Bonchev–Trinajstić information content (AvgIpc) is 2.86. The second-order valence-electron chi connectivity index (χ2n) is 6.85. The Bertz CT molecular complexity index is 1020. The summed E-state index contributed by atoms with van der Waals surface area (Å²) in [4.78, 5) is 4.29. The maximum Gasteiger partial charge on any atom is 0.152 e. The molecule has 0 radical (unpaired) electrons. The van der Waals surface area contributed by atoms with E-state index in [9.17, 15) is 8.60 Å². The van der Waals surface area contributed by atoms with Crippen molar-refractivity contribution in [1.29, 1.82) is 0 Å². The van der Waals surface area contributed by atoms with Gasteiger partial charge in [-0.15, -0.1) is 11.3 Å². The van der Waals surface area contributed by atoms with Crippen molar-refractivity contribution in [2.45, 2.75) is 50.7 Å². The molecule has 0 spiro atoms. The average molecular weight is 395 g/mol. The lowest BCUT2D eigenvalue weighted by molar-refractivity contribution is 0.619. The van der Waals surface area contributed by atoms with Crippen LogP contribution in [-0.4, -0.2) is 9.19 Å². The molecule has 2 heterocycles. The van der Waals surface area contributed by atoms with Crippen molar-refractivity contribution >= 4 is 26.9 Å². The van der Waals surface area contributed by atoms with Crippen LogP contribution in [0.15, 0.2) is 32.6 Å². The number of anilines is 1. The summed E-state index contributed by atoms with van der Waals surface area (Å²) in [6.07, 6.45) is 1.82. The van der Waals surface area contributed by atoms with Gasteiger partial charge in [-0.1, -0.05) is 20.8 Å². The molecule has 0 fully saturated rings. The lowest BCUT2D eigenvalue weighted by atomic mass is 9.89. The molecule has 0 aliphatic carbocycles. The SMILES string of the molecule is Cc1nc(C)c(S(N)(=O)=NC2=CC(C)c3cc(F)cc(C(C)C)c3N2)s1. The molecule has 5 nitrogen and oxygen atoms in total. The number of aryl methyl sites for hydroxylation is 2. The molecule has 1 aliphatic rings. The molecule has 8 heteroatoms. The molecule has 1 aliphatic heterocycles. The van der Waals surface area contributed by atoms with Gasteiger partial charge in [-0.25, -0.2) is 18.7 Å². The molecule has 1 aromatic carbocycles. The van der Waals surface area contributed by atoms with Crippen LogP contribution in [0.4, 0.5) is 10.1 Å². The number of hydrogen-bond donors (Lipinski definition) is 2. The number of thiazole rings is 1. The lowest BCUT2D eigenvalue weighted by Gasteiger charge is -2.26. The van der Waals surface area contributed by atoms with Gasteiger partial charge in [0.25, 0.3) is 0 Å². The van der Waals surface area contributed by atoms with Crippen LogP contribution in [0, 0.1) is 19.7 Å². The number of benzene rings is 1. The summed E-state index contributed by atoms with van der Waals surface area (Å²) in [5.74, 6) is 0.245. The monoisotopic (exact) mass is 394 g/mol. The zero-order valence-corrected chi connectivity index (χ0v) is 17.1. The van der Waals surface area contributed by atoms with Gasteiger partial charge in [-0.2, -0.15) is 4.36 Å². The molecular weight excluding hydrogens is 371 g/mol. The Morgan fingerprint density at radius 2 is 2.08 bits per heavy atom. The number of nitrogens with zero attached hydrogens (tertiary/aromatic N) is 2. The second kappa shape index (κ2) is 6.75. The first kappa shape index (κ1) is 19.0. The van der Waals surface area contributed by atoms with E-state index in [0.717, 1.165) is 21.8 Å². The Morgan fingerprint density at radius 1 is 1.38 bits per heavy atom. The van der Waals surface area contributed by atoms with Gasteiger partial charge in [0.15, 0.2) is 9.92 Å². The van der Waals surface area contributed by atoms with E-state index in [0.29, 0.717) is 15.7 Å². The van der Waals surface area contributed by atoms with Gasteiger partial charge in [0.1, 0.15) is 15.8 Å². The minimum atomic E-state index is -3.11. The van der Waals surface area contributed by atoms with Crippen LogP contribution in [0.1, 0.15) is 54.4 Å². The van der Waals surface area contributed by atoms with Crippen molar-refractivity contribution in [2.24, 2.45) is 9.50 Å². The Labute approximate surface area is 157 Å². The van der Waals surface area contributed by atoms with E-state index in [-0.39, 0.29) is 17.7 Å². The minimum absolute atomic E-state index is 0.0716. The van der Waals surface area contributed by atoms with Gasteiger partial charge in [0, 0.05) is 11.6 Å². The summed E-state index contributed by atoms with van der Waals surface area (Å²) in [5.41, 5.74) is 3.18. The fourth-order valence-electron chi connectivity index (χ4n) is 3.13. The quantitative estimate of drug-likeness (QED) is 0.785. The maximum absolute atomic E-state index is 14.0. The number of aromatic nitrogens is 1. The van der Waals surface area contributed by atoms with E-state index >= 15 is 0 Å². The van der Waals surface area contributed by atoms with Crippen molar-refractivity contribution in [3.63, 3.8) is 0 Å². The van der Waals surface area contributed by atoms with E-state index in [1.165, 1.54) is 23.5 Å². The first-order valence-corrected chi connectivity index (χ1v) is 10.8. The Hall–Kier alpha value is -1.77. The van der Waals surface area contributed by atoms with Gasteiger partial charge >= 0.3 is 0 Å². The molecule has 2 atom stereocenters. The molecule has 1 aromatic heterocycles. The van der Waals surface area contributed by atoms with E-state index in [4.69, 9.17) is 5.14 Å². The van der Waals surface area contributed by atoms with Crippen molar-refractivity contribution in [1.82, 2.24) is 4.98 Å². The topological polar surface area (TPSA) is 80.4 Å². The Morgan fingerprint density at radius 3 is 2.65 bits per heavy atom. The number of rotatable bonds is 3. The summed E-state index contributed by atoms with van der Waals surface area (Å²) in [6.45, 7) is 9.59. The summed E-state index contributed by atoms with van der Waals surface area (Å²) in [6, 6.07) is 3.06. The third kappa shape index (κ3) is 3.54. The fraction of sp³-hybridized carbons (Fsp3) is 0.389. The van der Waals surface area contributed by atoms with E-state index in [1.807, 2.05) is 33.8 Å². The van der Waals surface area contributed by atoms with Crippen molar-refractivity contribution in [3.8, 4) is 0 Å². The zero-order chi connectivity index (χ0) is 19.2. The number of halogens is 1. The largest absolute Gasteiger partial charge is 0.339 e. The molecule has 0 amide bonds. The van der Waals surface area contributed by atoms with E-state index < -0.39 is 9.92 Å². The predicted molar refractivity (Wildman–Crippen MR) is 105 cm³/mol. The first-order chi connectivity index (χ1) is 12.1. The summed E-state index contributed by atoms with van der Waals surface area (Å²) in [5, 5.41) is 10.1. The molecule has 0 saturated heterocycles. The highest BCUT2D eigenvalue weighted by Gasteiger charge is 2.24. The molecule has 2 aromatic rings. The third-order valence-corrected chi connectivity index (χ3v) is 7.43. The van der Waals surface area contributed by atoms with Crippen LogP contribution in [-0.2, 0) is 9.92 Å². The number of hydrogen-bond acceptors (Lipinski definition) is 5. The van der Waals surface area contributed by atoms with E-state index in [2.05, 4.69) is 14.7 Å². The number of allylic oxidation sites excluding steroid dienone is 1. The van der Waals surface area contributed by atoms with Gasteiger partial charge in [-0.3, -0.25) is 0 Å². The van der Waals surface area contributed by atoms with Crippen molar-refractivity contribution in [2.75, 3.05) is 5.32 Å². The van der Waals surface area contributed by atoms with Gasteiger partial charge in [0.05, 0.1) is 10.7 Å². The van der Waals surface area contributed by atoms with Crippen LogP contribution >= 0.6 is 11.3 Å². The van der Waals surface area contributed by atoms with Crippen molar-refractivity contribution < 1.29 is 8.60 Å². The molecular formula is C18H23FN4OS2. The van der Waals surface area contributed by atoms with Crippen molar-refractivity contribution in [3.05, 3.63) is 51.7 Å². The highest BCUT2D eigenvalue weighted by atomic mass is 32.2. The molecule has 0 saturated carbocycles. The second-order valence-corrected chi connectivity index (χ2v) is 10.0. The maximum atomic E-state index is 14.0. The van der Waals surface area contributed by atoms with Gasteiger partial charge < -0.3 is 5.32 Å². The Balaban J connectivity index is 2.08. The van der Waals surface area contributed by atoms with Crippen LogP contribution in [0.25, 0.3) is 0 Å². The lowest BCUT2D eigenvalue weighted by Crippen LogP contribution is -2.17. The standard InChI is InChI=1S/C18H23FN4OS2/c1-9(2)14-7-13(19)8-15-10(3)6-16(22-17(14)15)23-26(20,24)18-11(4)21-12(5)25-18/h6-10,22H,1-5H3,(H2,20,23,24). The summed E-state index contributed by atoms with van der Waals surface area (Å²) in [7, 11) is -3.11. The number of fused-ring (bicyclic) bond motifs is 1. The highest BCUT2D eigenvalue weighted by molar-refractivity contribution is 7.93. The molecule has 26 heavy (non-hydrogen) atoms.